The minimum absolute atomic E-state index is 1.23. The van der Waals surface area contributed by atoms with Crippen molar-refractivity contribution >= 4 is 11.8 Å². The highest BCUT2D eigenvalue weighted by molar-refractivity contribution is 8.02. The summed E-state index contributed by atoms with van der Waals surface area (Å²) in [6.45, 7) is 2.27. The van der Waals surface area contributed by atoms with Crippen LogP contribution in [0.4, 0.5) is 0 Å². The summed E-state index contributed by atoms with van der Waals surface area (Å²) in [7, 11) is 0. The lowest BCUT2D eigenvalue weighted by Gasteiger charge is -1.98. The molecule has 0 atom stereocenters. The summed E-state index contributed by atoms with van der Waals surface area (Å²) in [5, 5.41) is 2.22. The molecule has 0 nitrogen and oxygen atoms in total. The molecule has 0 unspecified atom stereocenters. The van der Waals surface area contributed by atoms with Gasteiger partial charge in [-0.05, 0) is 30.4 Å². The first-order chi connectivity index (χ1) is 8.43. The number of unbranched alkanes of at least 4 members (excludes halogenated alkanes) is 6. The van der Waals surface area contributed by atoms with Gasteiger partial charge in [0.2, 0.25) is 0 Å². The summed E-state index contributed by atoms with van der Waals surface area (Å²) in [5.41, 5.74) is 0. The Hall–Kier alpha value is -0.690. The van der Waals surface area contributed by atoms with Crippen LogP contribution in [0.3, 0.4) is 0 Å². The number of allylic oxidation sites excluding steroid dienone is 1. The van der Waals surface area contributed by atoms with Crippen molar-refractivity contribution in [3.63, 3.8) is 0 Å². The Labute approximate surface area is 111 Å². The molecule has 1 aromatic carbocycles. The van der Waals surface area contributed by atoms with E-state index in [2.05, 4.69) is 48.7 Å². The molecule has 0 aliphatic carbocycles. The lowest BCUT2D eigenvalue weighted by atomic mass is 10.1. The first-order valence-corrected chi connectivity index (χ1v) is 7.68. The normalized spacial score (nSPS) is 11.1. The molecule has 0 saturated carbocycles. The third kappa shape index (κ3) is 8.09. The van der Waals surface area contributed by atoms with E-state index in [9.17, 15) is 0 Å². The molecule has 0 N–H and O–H groups in total. The standard InChI is InChI=1S/C16H24S/c1-2-3-4-5-6-7-8-12-15-17-16-13-10-9-11-14-16/h9-15H,2-8H2,1H3/b15-12-. The van der Waals surface area contributed by atoms with Gasteiger partial charge < -0.3 is 0 Å². The van der Waals surface area contributed by atoms with Crippen LogP contribution in [0.2, 0.25) is 0 Å². The van der Waals surface area contributed by atoms with Crippen molar-refractivity contribution in [2.75, 3.05) is 0 Å². The first-order valence-electron chi connectivity index (χ1n) is 6.80. The fourth-order valence-electron chi connectivity index (χ4n) is 1.74. The molecule has 0 aliphatic rings. The van der Waals surface area contributed by atoms with Gasteiger partial charge in [0, 0.05) is 4.90 Å². The van der Waals surface area contributed by atoms with Crippen LogP contribution in [0.5, 0.6) is 0 Å². The number of hydrogen-bond acceptors (Lipinski definition) is 1. The Balaban J connectivity index is 1.96. The average molecular weight is 248 g/mol. The van der Waals surface area contributed by atoms with Crippen molar-refractivity contribution in [2.45, 2.75) is 56.8 Å². The molecule has 0 radical (unpaired) electrons. The maximum absolute atomic E-state index is 2.30. The third-order valence-corrected chi connectivity index (χ3v) is 3.64. The fraction of sp³-hybridized carbons (Fsp3) is 0.500. The fourth-order valence-corrected chi connectivity index (χ4v) is 2.44. The Bertz CT molecular complexity index is 290. The SMILES string of the molecule is CCCCCCCC/C=C\Sc1ccccc1. The Morgan fingerprint density at radius 3 is 2.41 bits per heavy atom. The number of benzene rings is 1. The third-order valence-electron chi connectivity index (χ3n) is 2.77. The molecular weight excluding hydrogens is 224 g/mol. The van der Waals surface area contributed by atoms with Gasteiger partial charge >= 0.3 is 0 Å². The summed E-state index contributed by atoms with van der Waals surface area (Å²) >= 11 is 1.81. The summed E-state index contributed by atoms with van der Waals surface area (Å²) in [6, 6.07) is 10.5. The van der Waals surface area contributed by atoms with Gasteiger partial charge in [-0.3, -0.25) is 0 Å². The highest BCUT2D eigenvalue weighted by atomic mass is 32.2. The van der Waals surface area contributed by atoms with Gasteiger partial charge in [0.1, 0.15) is 0 Å². The zero-order valence-electron chi connectivity index (χ0n) is 10.9. The molecule has 0 heterocycles. The van der Waals surface area contributed by atoms with E-state index in [1.165, 1.54) is 49.8 Å². The van der Waals surface area contributed by atoms with Crippen LogP contribution < -0.4 is 0 Å². The van der Waals surface area contributed by atoms with E-state index in [0.717, 1.165) is 0 Å². The minimum Gasteiger partial charge on any atom is -0.0984 e. The summed E-state index contributed by atoms with van der Waals surface area (Å²) in [4.78, 5) is 1.33. The second-order valence-electron chi connectivity index (χ2n) is 4.36. The van der Waals surface area contributed by atoms with Crippen LogP contribution in [0.15, 0.2) is 46.7 Å². The molecule has 0 aliphatic heterocycles. The molecule has 1 heteroatoms. The Morgan fingerprint density at radius 2 is 1.65 bits per heavy atom. The van der Waals surface area contributed by atoms with Gasteiger partial charge in [-0.2, -0.15) is 0 Å². The van der Waals surface area contributed by atoms with Crippen molar-refractivity contribution in [1.29, 1.82) is 0 Å². The van der Waals surface area contributed by atoms with Gasteiger partial charge in [-0.1, -0.05) is 75.1 Å². The topological polar surface area (TPSA) is 0 Å². The van der Waals surface area contributed by atoms with Gasteiger partial charge in [-0.25, -0.2) is 0 Å². The summed E-state index contributed by atoms with van der Waals surface area (Å²) < 4.78 is 0. The molecule has 0 aromatic heterocycles. The average Bonchev–Trinajstić information content (AvgIpc) is 2.38. The monoisotopic (exact) mass is 248 g/mol. The number of rotatable bonds is 9. The van der Waals surface area contributed by atoms with Crippen LogP contribution in [0, 0.1) is 0 Å². The predicted octanol–water partition coefficient (Wildman–Crippen LogP) is 6.04. The maximum atomic E-state index is 2.30. The number of thioether (sulfide) groups is 1. The van der Waals surface area contributed by atoms with Crippen LogP contribution in [0.25, 0.3) is 0 Å². The highest BCUT2D eigenvalue weighted by Gasteiger charge is 1.89. The van der Waals surface area contributed by atoms with Crippen LogP contribution in [-0.2, 0) is 0 Å². The van der Waals surface area contributed by atoms with E-state index in [1.54, 1.807) is 0 Å². The van der Waals surface area contributed by atoms with Crippen LogP contribution in [-0.4, -0.2) is 0 Å². The van der Waals surface area contributed by atoms with E-state index < -0.39 is 0 Å². The second-order valence-corrected chi connectivity index (χ2v) is 5.34. The van der Waals surface area contributed by atoms with Crippen LogP contribution in [0.1, 0.15) is 51.9 Å². The van der Waals surface area contributed by atoms with E-state index in [1.807, 2.05) is 11.8 Å². The zero-order valence-corrected chi connectivity index (χ0v) is 11.7. The van der Waals surface area contributed by atoms with Gasteiger partial charge in [-0.15, -0.1) is 0 Å². The van der Waals surface area contributed by atoms with Crippen molar-refractivity contribution in [2.24, 2.45) is 0 Å². The smallest absolute Gasteiger partial charge is 0.0116 e. The molecule has 0 amide bonds. The molecule has 0 spiro atoms. The quantitative estimate of drug-likeness (QED) is 0.379. The Kier molecular flexibility index (Phi) is 8.85. The molecule has 17 heavy (non-hydrogen) atoms. The first kappa shape index (κ1) is 14.4. The molecule has 0 fully saturated rings. The molecule has 1 rings (SSSR count). The minimum atomic E-state index is 1.23. The van der Waals surface area contributed by atoms with E-state index in [-0.39, 0.29) is 0 Å². The van der Waals surface area contributed by atoms with Gasteiger partial charge in [0.05, 0.1) is 0 Å². The zero-order chi connectivity index (χ0) is 12.2. The van der Waals surface area contributed by atoms with E-state index in [4.69, 9.17) is 0 Å². The van der Waals surface area contributed by atoms with Crippen molar-refractivity contribution < 1.29 is 0 Å². The van der Waals surface area contributed by atoms with Crippen molar-refractivity contribution in [3.8, 4) is 0 Å². The molecule has 1 aromatic rings. The largest absolute Gasteiger partial charge is 0.0984 e. The van der Waals surface area contributed by atoms with E-state index >= 15 is 0 Å². The molecule has 0 saturated heterocycles. The van der Waals surface area contributed by atoms with Crippen molar-refractivity contribution in [1.82, 2.24) is 0 Å². The lowest BCUT2D eigenvalue weighted by Crippen LogP contribution is -1.77. The summed E-state index contributed by atoms with van der Waals surface area (Å²) in [6.07, 6.45) is 11.8. The second kappa shape index (κ2) is 10.5. The van der Waals surface area contributed by atoms with Crippen molar-refractivity contribution in [3.05, 3.63) is 41.8 Å². The predicted molar refractivity (Wildman–Crippen MR) is 79.4 cm³/mol. The van der Waals surface area contributed by atoms with Gasteiger partial charge in [0.15, 0.2) is 0 Å². The molecule has 0 bridgehead atoms. The van der Waals surface area contributed by atoms with E-state index in [0.29, 0.717) is 0 Å². The lowest BCUT2D eigenvalue weighted by molar-refractivity contribution is 0.611. The molecular formula is C16H24S. The molecule has 94 valence electrons. The van der Waals surface area contributed by atoms with Gasteiger partial charge in [0.25, 0.3) is 0 Å². The number of hydrogen-bond donors (Lipinski definition) is 0. The maximum Gasteiger partial charge on any atom is 0.0116 e. The Morgan fingerprint density at radius 1 is 0.941 bits per heavy atom. The highest BCUT2D eigenvalue weighted by Crippen LogP contribution is 2.18. The van der Waals surface area contributed by atoms with Crippen LogP contribution >= 0.6 is 11.8 Å². The summed E-state index contributed by atoms with van der Waals surface area (Å²) in [5.74, 6) is 0.